The van der Waals surface area contributed by atoms with Crippen LogP contribution in [0.3, 0.4) is 0 Å². The van der Waals surface area contributed by atoms with Crippen LogP contribution in [0.4, 0.5) is 0 Å². The summed E-state index contributed by atoms with van der Waals surface area (Å²) in [4.78, 5) is 2.50. The van der Waals surface area contributed by atoms with E-state index in [9.17, 15) is 0 Å². The minimum atomic E-state index is 1.07. The number of nitrogens with zero attached hydrogens (tertiary/aromatic N) is 1. The molecule has 0 atom stereocenters. The van der Waals surface area contributed by atoms with Gasteiger partial charge in [0.2, 0.25) is 0 Å². The molecule has 1 aliphatic rings. The van der Waals surface area contributed by atoms with E-state index in [1.54, 1.807) is 0 Å². The highest BCUT2D eigenvalue weighted by atomic mass is 15.2. The molecule has 13 heavy (non-hydrogen) atoms. The lowest BCUT2D eigenvalue weighted by Gasteiger charge is -2.27. The Morgan fingerprint density at radius 2 is 2.08 bits per heavy atom. The summed E-state index contributed by atoms with van der Waals surface area (Å²) in [5.41, 5.74) is 0. The Labute approximate surface area is 81.2 Å². The maximum Gasteiger partial charge on any atom is 0.0108 e. The molecule has 1 fully saturated rings. The second kappa shape index (κ2) is 7.06. The van der Waals surface area contributed by atoms with Crippen LogP contribution in [-0.2, 0) is 0 Å². The largest absolute Gasteiger partial charge is 0.315 e. The van der Waals surface area contributed by atoms with Crippen LogP contribution in [0.15, 0.2) is 12.7 Å². The van der Waals surface area contributed by atoms with Crippen LogP contribution in [0.25, 0.3) is 0 Å². The van der Waals surface area contributed by atoms with Crippen LogP contribution in [0, 0.1) is 0 Å². The third-order valence-corrected chi connectivity index (χ3v) is 2.34. The average molecular weight is 183 g/mol. The highest BCUT2D eigenvalue weighted by Crippen LogP contribution is 1.89. The molecule has 1 rings (SSSR count). The fourth-order valence-corrected chi connectivity index (χ4v) is 1.50. The molecular formula is C10H21N3. The van der Waals surface area contributed by atoms with Gasteiger partial charge in [-0.1, -0.05) is 6.08 Å². The Balaban J connectivity index is 1.89. The van der Waals surface area contributed by atoms with Crippen molar-refractivity contribution < 1.29 is 0 Å². The van der Waals surface area contributed by atoms with Gasteiger partial charge in [-0.25, -0.2) is 0 Å². The Morgan fingerprint density at radius 3 is 2.77 bits per heavy atom. The molecule has 1 saturated heterocycles. The van der Waals surface area contributed by atoms with Crippen molar-refractivity contribution in [2.45, 2.75) is 6.42 Å². The molecule has 0 radical (unpaired) electrons. The third-order valence-electron chi connectivity index (χ3n) is 2.34. The van der Waals surface area contributed by atoms with Crippen LogP contribution < -0.4 is 10.6 Å². The summed E-state index contributed by atoms with van der Waals surface area (Å²) in [7, 11) is 0. The predicted octanol–water partition coefficient (Wildman–Crippen LogP) is 0.0573. The smallest absolute Gasteiger partial charge is 0.0108 e. The van der Waals surface area contributed by atoms with Gasteiger partial charge in [-0.05, 0) is 13.0 Å². The summed E-state index contributed by atoms with van der Waals surface area (Å²) in [5, 5.41) is 6.75. The first-order valence-corrected chi connectivity index (χ1v) is 5.18. The van der Waals surface area contributed by atoms with E-state index in [1.165, 1.54) is 19.6 Å². The number of hydrogen-bond acceptors (Lipinski definition) is 3. The second-order valence-corrected chi connectivity index (χ2v) is 3.42. The monoisotopic (exact) mass is 183 g/mol. The van der Waals surface area contributed by atoms with Gasteiger partial charge in [-0.2, -0.15) is 0 Å². The van der Waals surface area contributed by atoms with Crippen molar-refractivity contribution >= 4 is 0 Å². The minimum absolute atomic E-state index is 1.07. The van der Waals surface area contributed by atoms with Gasteiger partial charge in [0.25, 0.3) is 0 Å². The topological polar surface area (TPSA) is 27.3 Å². The van der Waals surface area contributed by atoms with Crippen molar-refractivity contribution in [1.82, 2.24) is 15.5 Å². The highest BCUT2D eigenvalue weighted by molar-refractivity contribution is 4.70. The summed E-state index contributed by atoms with van der Waals surface area (Å²) >= 11 is 0. The lowest BCUT2D eigenvalue weighted by molar-refractivity contribution is 0.241. The summed E-state index contributed by atoms with van der Waals surface area (Å²) in [6.45, 7) is 11.7. The fourth-order valence-electron chi connectivity index (χ4n) is 1.50. The van der Waals surface area contributed by atoms with Gasteiger partial charge in [0.15, 0.2) is 0 Å². The van der Waals surface area contributed by atoms with Gasteiger partial charge < -0.3 is 10.6 Å². The van der Waals surface area contributed by atoms with Crippen LogP contribution in [0.5, 0.6) is 0 Å². The molecule has 0 spiro atoms. The van der Waals surface area contributed by atoms with Gasteiger partial charge in [-0.3, -0.25) is 4.90 Å². The van der Waals surface area contributed by atoms with Gasteiger partial charge >= 0.3 is 0 Å². The van der Waals surface area contributed by atoms with E-state index in [0.717, 1.165) is 32.6 Å². The number of rotatable bonds is 6. The fraction of sp³-hybridized carbons (Fsp3) is 0.800. The molecule has 0 bridgehead atoms. The summed E-state index contributed by atoms with van der Waals surface area (Å²) in [6.07, 6.45) is 3.03. The van der Waals surface area contributed by atoms with Crippen molar-refractivity contribution in [3.05, 3.63) is 12.7 Å². The molecule has 0 unspecified atom stereocenters. The maximum absolute atomic E-state index is 3.69. The Hall–Kier alpha value is -0.380. The van der Waals surface area contributed by atoms with E-state index in [1.807, 2.05) is 6.08 Å². The van der Waals surface area contributed by atoms with Crippen LogP contribution in [0.1, 0.15) is 6.42 Å². The molecule has 2 N–H and O–H groups in total. The second-order valence-electron chi connectivity index (χ2n) is 3.42. The Bertz CT molecular complexity index is 130. The summed E-state index contributed by atoms with van der Waals surface area (Å²) in [6, 6.07) is 0. The summed E-state index contributed by atoms with van der Waals surface area (Å²) < 4.78 is 0. The van der Waals surface area contributed by atoms with Gasteiger partial charge in [0, 0.05) is 39.3 Å². The van der Waals surface area contributed by atoms with Crippen molar-refractivity contribution in [1.29, 1.82) is 0 Å². The van der Waals surface area contributed by atoms with Crippen LogP contribution in [0.2, 0.25) is 0 Å². The van der Waals surface area contributed by atoms with Crippen LogP contribution >= 0.6 is 0 Å². The van der Waals surface area contributed by atoms with Gasteiger partial charge in [-0.15, -0.1) is 6.58 Å². The predicted molar refractivity (Wildman–Crippen MR) is 57.0 cm³/mol. The zero-order valence-corrected chi connectivity index (χ0v) is 8.39. The van der Waals surface area contributed by atoms with Crippen molar-refractivity contribution in [3.8, 4) is 0 Å². The van der Waals surface area contributed by atoms with E-state index in [4.69, 9.17) is 0 Å². The molecule has 0 amide bonds. The molecule has 1 aliphatic heterocycles. The van der Waals surface area contributed by atoms with Gasteiger partial charge in [0.1, 0.15) is 0 Å². The highest BCUT2D eigenvalue weighted by Gasteiger charge is 2.07. The van der Waals surface area contributed by atoms with E-state index in [2.05, 4.69) is 22.1 Å². The molecule has 3 nitrogen and oxygen atoms in total. The molecular weight excluding hydrogens is 162 g/mol. The van der Waals surface area contributed by atoms with Crippen LogP contribution in [-0.4, -0.2) is 50.7 Å². The molecule has 0 aromatic carbocycles. The Kier molecular flexibility index (Phi) is 5.81. The molecule has 0 aromatic rings. The molecule has 76 valence electrons. The zero-order chi connectivity index (χ0) is 9.36. The molecule has 3 heteroatoms. The van der Waals surface area contributed by atoms with Crippen molar-refractivity contribution in [2.75, 3.05) is 45.8 Å². The van der Waals surface area contributed by atoms with E-state index >= 15 is 0 Å². The summed E-state index contributed by atoms with van der Waals surface area (Å²) in [5.74, 6) is 0. The average Bonchev–Trinajstić information content (AvgIpc) is 2.19. The zero-order valence-electron chi connectivity index (χ0n) is 8.39. The van der Waals surface area contributed by atoms with E-state index in [-0.39, 0.29) is 0 Å². The third kappa shape index (κ3) is 5.03. The van der Waals surface area contributed by atoms with E-state index in [0.29, 0.717) is 0 Å². The first-order valence-electron chi connectivity index (χ1n) is 5.18. The number of piperazine rings is 1. The van der Waals surface area contributed by atoms with Gasteiger partial charge in [0.05, 0.1) is 0 Å². The quantitative estimate of drug-likeness (QED) is 0.450. The first kappa shape index (κ1) is 10.7. The molecule has 1 heterocycles. The standard InChI is InChI=1S/C10H21N3/c1-2-3-4-11-5-8-13-9-6-12-7-10-13/h2,11-12H,1,3-10H2. The number of hydrogen-bond donors (Lipinski definition) is 2. The normalized spacial score (nSPS) is 18.8. The SMILES string of the molecule is C=CCCNCCN1CCNCC1. The number of nitrogens with one attached hydrogen (secondary N) is 2. The van der Waals surface area contributed by atoms with Crippen molar-refractivity contribution in [3.63, 3.8) is 0 Å². The lowest BCUT2D eigenvalue weighted by Crippen LogP contribution is -2.45. The maximum atomic E-state index is 3.69. The van der Waals surface area contributed by atoms with E-state index < -0.39 is 0 Å². The first-order chi connectivity index (χ1) is 6.43. The lowest BCUT2D eigenvalue weighted by atomic mass is 10.3. The molecule has 0 aromatic heterocycles. The molecule has 0 aliphatic carbocycles. The molecule has 0 saturated carbocycles. The van der Waals surface area contributed by atoms with Crippen molar-refractivity contribution in [2.24, 2.45) is 0 Å². The Morgan fingerprint density at radius 1 is 1.31 bits per heavy atom. The minimum Gasteiger partial charge on any atom is -0.315 e.